The van der Waals surface area contributed by atoms with Crippen molar-refractivity contribution in [3.05, 3.63) is 52.2 Å². The fourth-order valence-corrected chi connectivity index (χ4v) is 2.09. The van der Waals surface area contributed by atoms with Crippen LogP contribution in [0.2, 0.25) is 10.3 Å². The van der Waals surface area contributed by atoms with Gasteiger partial charge in [-0.3, -0.25) is 0 Å². The van der Waals surface area contributed by atoms with E-state index in [9.17, 15) is 0 Å². The van der Waals surface area contributed by atoms with Crippen LogP contribution in [0, 0.1) is 0 Å². The van der Waals surface area contributed by atoms with Crippen LogP contribution in [0.4, 0.5) is 0 Å². The van der Waals surface area contributed by atoms with Gasteiger partial charge in [-0.1, -0.05) is 58.3 Å². The molecule has 130 valence electrons. The van der Waals surface area contributed by atoms with E-state index in [0.717, 1.165) is 17.0 Å². The van der Waals surface area contributed by atoms with Gasteiger partial charge in [0.25, 0.3) is 0 Å². The molecule has 0 unspecified atom stereocenters. The Morgan fingerprint density at radius 3 is 2.00 bits per heavy atom. The van der Waals surface area contributed by atoms with Crippen LogP contribution >= 0.6 is 23.2 Å². The Morgan fingerprint density at radius 1 is 0.833 bits per heavy atom. The maximum Gasteiger partial charge on any atom is 0.155 e. The van der Waals surface area contributed by atoms with E-state index in [0.29, 0.717) is 22.1 Å². The molecule has 0 aliphatic carbocycles. The van der Waals surface area contributed by atoms with Crippen molar-refractivity contribution in [3.8, 4) is 0 Å². The van der Waals surface area contributed by atoms with Crippen molar-refractivity contribution in [1.29, 1.82) is 0 Å². The van der Waals surface area contributed by atoms with Crippen molar-refractivity contribution in [2.45, 2.75) is 47.0 Å². The van der Waals surface area contributed by atoms with Gasteiger partial charge in [0, 0.05) is 0 Å². The van der Waals surface area contributed by atoms with Crippen molar-refractivity contribution >= 4 is 28.8 Å². The molecule has 0 amide bonds. The van der Waals surface area contributed by atoms with Gasteiger partial charge in [-0.15, -0.1) is 5.10 Å². The normalized spacial score (nSPS) is 10.5. The van der Waals surface area contributed by atoms with Crippen LogP contribution in [0.1, 0.15) is 58.3 Å². The summed E-state index contributed by atoms with van der Waals surface area (Å²) in [5.41, 5.74) is 2.81. The first-order valence-corrected chi connectivity index (χ1v) is 8.13. The molecule has 0 saturated carbocycles. The minimum atomic E-state index is 0. The zero-order chi connectivity index (χ0) is 17.0. The summed E-state index contributed by atoms with van der Waals surface area (Å²) in [6.45, 7) is 8.34. The maximum atomic E-state index is 5.74. The Kier molecular flexibility index (Phi) is 7.58. The van der Waals surface area contributed by atoms with Gasteiger partial charge < -0.3 is 0 Å². The molecule has 7 heteroatoms. The van der Waals surface area contributed by atoms with Crippen molar-refractivity contribution in [2.75, 3.05) is 0 Å². The van der Waals surface area contributed by atoms with Gasteiger partial charge in [0.15, 0.2) is 10.8 Å². The summed E-state index contributed by atoms with van der Waals surface area (Å²) in [7, 11) is 0. The van der Waals surface area contributed by atoms with E-state index >= 15 is 0 Å². The Hall–Kier alpha value is -1.72. The third kappa shape index (κ3) is 5.42. The Morgan fingerprint density at radius 2 is 1.46 bits per heavy atom. The Labute approximate surface area is 153 Å². The second-order valence-electron chi connectivity index (χ2n) is 5.71. The predicted molar refractivity (Wildman–Crippen MR) is 99.9 cm³/mol. The summed E-state index contributed by atoms with van der Waals surface area (Å²) in [6, 6.07) is 7.54. The first kappa shape index (κ1) is 20.3. The Bertz CT molecular complexity index is 766. The van der Waals surface area contributed by atoms with Crippen LogP contribution in [0.15, 0.2) is 30.5 Å². The fourth-order valence-electron chi connectivity index (χ4n) is 1.81. The molecule has 3 aromatic rings. The number of imidazole rings is 1. The van der Waals surface area contributed by atoms with E-state index in [-0.39, 0.29) is 7.43 Å². The average molecular weight is 368 g/mol. The zero-order valence-electron chi connectivity index (χ0n) is 13.5. The zero-order valence-corrected chi connectivity index (χ0v) is 15.0. The monoisotopic (exact) mass is 367 g/mol. The van der Waals surface area contributed by atoms with Gasteiger partial charge in [-0.2, -0.15) is 10.2 Å². The SMILES string of the molecule is C.CC(C)c1ccc(Cl)nn1.CC(C)c1ccc2nc(Cl)cn2n1. The highest BCUT2D eigenvalue weighted by molar-refractivity contribution is 6.29. The molecule has 0 aromatic carbocycles. The summed E-state index contributed by atoms with van der Waals surface area (Å²) in [5, 5.41) is 12.9. The van der Waals surface area contributed by atoms with Crippen molar-refractivity contribution in [1.82, 2.24) is 24.8 Å². The number of hydrogen-bond acceptors (Lipinski definition) is 4. The van der Waals surface area contributed by atoms with Crippen molar-refractivity contribution < 1.29 is 0 Å². The largest absolute Gasteiger partial charge is 0.219 e. The third-order valence-corrected chi connectivity index (χ3v) is 3.53. The molecule has 3 aromatic heterocycles. The van der Waals surface area contributed by atoms with Gasteiger partial charge in [0.05, 0.1) is 17.6 Å². The fraction of sp³-hybridized carbons (Fsp3) is 0.412. The smallest absolute Gasteiger partial charge is 0.155 e. The van der Waals surface area contributed by atoms with Crippen LogP contribution in [0.5, 0.6) is 0 Å². The molecule has 3 rings (SSSR count). The lowest BCUT2D eigenvalue weighted by atomic mass is 10.1. The molecule has 0 radical (unpaired) electrons. The number of rotatable bonds is 2. The molecule has 0 bridgehead atoms. The van der Waals surface area contributed by atoms with Crippen LogP contribution in [0.3, 0.4) is 0 Å². The summed E-state index contributed by atoms with van der Waals surface area (Å²) < 4.78 is 1.71. The van der Waals surface area contributed by atoms with Crippen molar-refractivity contribution in [2.24, 2.45) is 0 Å². The number of hydrogen-bond donors (Lipinski definition) is 0. The highest BCUT2D eigenvalue weighted by Gasteiger charge is 2.04. The van der Waals surface area contributed by atoms with Crippen LogP contribution < -0.4 is 0 Å². The highest BCUT2D eigenvalue weighted by atomic mass is 35.5. The second-order valence-corrected chi connectivity index (χ2v) is 6.49. The molecule has 3 heterocycles. The molecule has 0 N–H and O–H groups in total. The first-order valence-electron chi connectivity index (χ1n) is 7.37. The van der Waals surface area contributed by atoms with Gasteiger partial charge in [-0.05, 0) is 36.1 Å². The summed E-state index contributed by atoms with van der Waals surface area (Å²) in [4.78, 5) is 4.08. The van der Waals surface area contributed by atoms with E-state index in [4.69, 9.17) is 23.2 Å². The van der Waals surface area contributed by atoms with Crippen LogP contribution in [0.25, 0.3) is 5.65 Å². The molecule has 0 atom stereocenters. The lowest BCUT2D eigenvalue weighted by Crippen LogP contribution is -1.98. The lowest BCUT2D eigenvalue weighted by molar-refractivity contribution is 0.764. The predicted octanol–water partition coefficient (Wildman–Crippen LogP) is 5.40. The summed E-state index contributed by atoms with van der Waals surface area (Å²) >= 11 is 11.3. The quantitative estimate of drug-likeness (QED) is 0.608. The number of nitrogens with zero attached hydrogens (tertiary/aromatic N) is 5. The van der Waals surface area contributed by atoms with E-state index < -0.39 is 0 Å². The topological polar surface area (TPSA) is 56.0 Å². The molecular weight excluding hydrogens is 345 g/mol. The number of fused-ring (bicyclic) bond motifs is 1. The van der Waals surface area contributed by atoms with Gasteiger partial charge in [-0.25, -0.2) is 9.50 Å². The maximum absolute atomic E-state index is 5.74. The molecule has 0 fully saturated rings. The Balaban J connectivity index is 0.000000238. The first-order chi connectivity index (χ1) is 10.9. The standard InChI is InChI=1S/C9H10ClN3.C7H9ClN2.CH4/c1-6(2)7-3-4-9-11-8(10)5-13(9)12-7;1-5(2)6-3-4-7(8)10-9-6;/h3-6H,1-2H3;3-5H,1-2H3;1H4. The lowest BCUT2D eigenvalue weighted by Gasteiger charge is -2.02. The summed E-state index contributed by atoms with van der Waals surface area (Å²) in [5.74, 6) is 0.843. The molecule has 24 heavy (non-hydrogen) atoms. The minimum absolute atomic E-state index is 0. The molecule has 0 aliphatic rings. The molecular formula is C17H23Cl2N5. The number of aromatic nitrogens is 5. The van der Waals surface area contributed by atoms with Gasteiger partial charge in [0.2, 0.25) is 0 Å². The third-order valence-electron chi connectivity index (χ3n) is 3.15. The van der Waals surface area contributed by atoms with E-state index in [1.807, 2.05) is 18.2 Å². The van der Waals surface area contributed by atoms with Gasteiger partial charge in [0.1, 0.15) is 5.15 Å². The number of halogens is 2. The molecule has 0 spiro atoms. The highest BCUT2D eigenvalue weighted by Crippen LogP contribution is 2.14. The van der Waals surface area contributed by atoms with Crippen molar-refractivity contribution in [3.63, 3.8) is 0 Å². The second kappa shape index (κ2) is 8.94. The minimum Gasteiger partial charge on any atom is -0.219 e. The van der Waals surface area contributed by atoms with E-state index in [1.54, 1.807) is 16.8 Å². The van der Waals surface area contributed by atoms with Crippen LogP contribution in [-0.4, -0.2) is 24.8 Å². The average Bonchev–Trinajstić information content (AvgIpc) is 2.87. The van der Waals surface area contributed by atoms with Crippen LogP contribution in [-0.2, 0) is 0 Å². The molecule has 0 aliphatic heterocycles. The summed E-state index contributed by atoms with van der Waals surface area (Å²) in [6.07, 6.45) is 1.71. The molecule has 5 nitrogen and oxygen atoms in total. The van der Waals surface area contributed by atoms with E-state index in [2.05, 4.69) is 48.0 Å². The van der Waals surface area contributed by atoms with Gasteiger partial charge >= 0.3 is 0 Å². The molecule has 0 saturated heterocycles. The van der Waals surface area contributed by atoms with E-state index in [1.165, 1.54) is 0 Å².